The van der Waals surface area contributed by atoms with Gasteiger partial charge >= 0.3 is 5.97 Å². The van der Waals surface area contributed by atoms with Gasteiger partial charge in [-0.3, -0.25) is 0 Å². The monoisotopic (exact) mass is 335 g/mol. The lowest BCUT2D eigenvalue weighted by atomic mass is 10.3. The Bertz CT molecular complexity index is 704. The molecule has 0 aliphatic carbocycles. The zero-order valence-corrected chi connectivity index (χ0v) is 12.8. The fourth-order valence-electron chi connectivity index (χ4n) is 2.22. The van der Waals surface area contributed by atoms with E-state index in [2.05, 4.69) is 25.4 Å². The number of pyridine rings is 1. The van der Waals surface area contributed by atoms with Crippen LogP contribution in [-0.2, 0) is 4.74 Å². The summed E-state index contributed by atoms with van der Waals surface area (Å²) in [5, 5.41) is 19.3. The van der Waals surface area contributed by atoms with Gasteiger partial charge in [0.2, 0.25) is 0 Å². The minimum absolute atomic E-state index is 0.107. The number of morpholine rings is 1. The molecule has 3 rings (SSSR count). The standard InChI is InChI=1S/C14H14ClN5O3/c15-11-7-10(13(14(21)22)19-18-11)17-9-1-2-12(16-8-9)20-3-5-23-6-4-20/h1-2,7-8H,3-6H2,(H,17,18)(H,21,22). The summed E-state index contributed by atoms with van der Waals surface area (Å²) in [7, 11) is 0. The van der Waals surface area contributed by atoms with E-state index < -0.39 is 5.97 Å². The number of carboxylic acids is 1. The third kappa shape index (κ3) is 3.66. The summed E-state index contributed by atoms with van der Waals surface area (Å²) >= 11 is 5.77. The number of halogens is 1. The summed E-state index contributed by atoms with van der Waals surface area (Å²) < 4.78 is 5.31. The number of carbonyl (C=O) groups is 1. The zero-order chi connectivity index (χ0) is 16.2. The Morgan fingerprint density at radius 2 is 2.09 bits per heavy atom. The molecule has 2 aromatic rings. The molecule has 0 unspecified atom stereocenters. The van der Waals surface area contributed by atoms with Gasteiger partial charge in [-0.05, 0) is 12.1 Å². The molecule has 0 amide bonds. The predicted molar refractivity (Wildman–Crippen MR) is 84.6 cm³/mol. The van der Waals surface area contributed by atoms with Crippen LogP contribution in [0.4, 0.5) is 17.2 Å². The second kappa shape index (κ2) is 6.76. The van der Waals surface area contributed by atoms with E-state index in [9.17, 15) is 4.79 Å². The number of hydrogen-bond acceptors (Lipinski definition) is 7. The molecule has 0 radical (unpaired) electrons. The molecule has 2 aromatic heterocycles. The predicted octanol–water partition coefficient (Wildman–Crippen LogP) is 1.80. The van der Waals surface area contributed by atoms with Crippen LogP contribution >= 0.6 is 11.6 Å². The fraction of sp³-hybridized carbons (Fsp3) is 0.286. The molecule has 1 fully saturated rings. The maximum atomic E-state index is 11.2. The van der Waals surface area contributed by atoms with Gasteiger partial charge < -0.3 is 20.1 Å². The maximum Gasteiger partial charge on any atom is 0.358 e. The number of ether oxygens (including phenoxy) is 1. The quantitative estimate of drug-likeness (QED) is 0.872. The topological polar surface area (TPSA) is 100 Å². The smallest absolute Gasteiger partial charge is 0.358 e. The van der Waals surface area contributed by atoms with Gasteiger partial charge in [0.25, 0.3) is 0 Å². The Hall–Kier alpha value is -2.45. The number of hydrogen-bond donors (Lipinski definition) is 2. The van der Waals surface area contributed by atoms with Crippen LogP contribution in [-0.4, -0.2) is 52.6 Å². The van der Waals surface area contributed by atoms with E-state index in [1.165, 1.54) is 6.07 Å². The number of nitrogens with one attached hydrogen (secondary N) is 1. The van der Waals surface area contributed by atoms with Crippen LogP contribution in [0, 0.1) is 0 Å². The summed E-state index contributed by atoms with van der Waals surface area (Å²) in [5.41, 5.74) is 0.693. The van der Waals surface area contributed by atoms with Crippen molar-refractivity contribution in [1.29, 1.82) is 0 Å². The van der Waals surface area contributed by atoms with E-state index in [0.29, 0.717) is 18.9 Å². The minimum Gasteiger partial charge on any atom is -0.476 e. The molecule has 0 bridgehead atoms. The molecule has 1 saturated heterocycles. The average molecular weight is 336 g/mol. The molecular weight excluding hydrogens is 322 g/mol. The Labute approximate surface area is 137 Å². The molecule has 8 nitrogen and oxygen atoms in total. The van der Waals surface area contributed by atoms with Gasteiger partial charge in [-0.1, -0.05) is 11.6 Å². The SMILES string of the molecule is O=C(O)c1nnc(Cl)cc1Nc1ccc(N2CCOCC2)nc1. The van der Waals surface area contributed by atoms with Crippen molar-refractivity contribution >= 4 is 34.8 Å². The number of rotatable bonds is 4. The van der Waals surface area contributed by atoms with Crippen molar-refractivity contribution < 1.29 is 14.6 Å². The third-order valence-corrected chi connectivity index (χ3v) is 3.51. The highest BCUT2D eigenvalue weighted by molar-refractivity contribution is 6.29. The van der Waals surface area contributed by atoms with Gasteiger partial charge in [-0.2, -0.15) is 0 Å². The van der Waals surface area contributed by atoms with Gasteiger partial charge in [0, 0.05) is 19.2 Å². The number of nitrogens with zero attached hydrogens (tertiary/aromatic N) is 4. The second-order valence-corrected chi connectivity index (χ2v) is 5.25. The Morgan fingerprint density at radius 1 is 1.30 bits per heavy atom. The van der Waals surface area contributed by atoms with Crippen LogP contribution in [0.1, 0.15) is 10.5 Å². The third-order valence-electron chi connectivity index (χ3n) is 3.33. The van der Waals surface area contributed by atoms with E-state index in [0.717, 1.165) is 18.9 Å². The molecule has 0 spiro atoms. The lowest BCUT2D eigenvalue weighted by Crippen LogP contribution is -2.36. The van der Waals surface area contributed by atoms with Crippen LogP contribution in [0.5, 0.6) is 0 Å². The first kappa shape index (κ1) is 15.4. The van der Waals surface area contributed by atoms with Crippen molar-refractivity contribution in [2.24, 2.45) is 0 Å². The first-order valence-corrected chi connectivity index (χ1v) is 7.33. The Balaban J connectivity index is 1.78. The summed E-state index contributed by atoms with van der Waals surface area (Å²) in [6.07, 6.45) is 1.63. The highest BCUT2D eigenvalue weighted by atomic mass is 35.5. The van der Waals surface area contributed by atoms with Crippen molar-refractivity contribution in [2.45, 2.75) is 0 Å². The molecular formula is C14H14ClN5O3. The molecule has 1 aliphatic rings. The second-order valence-electron chi connectivity index (χ2n) is 4.86. The maximum absolute atomic E-state index is 11.2. The molecule has 23 heavy (non-hydrogen) atoms. The highest BCUT2D eigenvalue weighted by Gasteiger charge is 2.15. The van der Waals surface area contributed by atoms with Gasteiger partial charge in [0.1, 0.15) is 5.82 Å². The highest BCUT2D eigenvalue weighted by Crippen LogP contribution is 2.23. The number of aromatic carboxylic acids is 1. The Morgan fingerprint density at radius 3 is 2.74 bits per heavy atom. The van der Waals surface area contributed by atoms with Crippen LogP contribution in [0.3, 0.4) is 0 Å². The van der Waals surface area contributed by atoms with Crippen LogP contribution in [0.15, 0.2) is 24.4 Å². The van der Waals surface area contributed by atoms with Gasteiger partial charge in [0.05, 0.1) is 30.8 Å². The number of aromatic nitrogens is 3. The van der Waals surface area contributed by atoms with E-state index >= 15 is 0 Å². The van der Waals surface area contributed by atoms with Crippen LogP contribution in [0.25, 0.3) is 0 Å². The number of anilines is 3. The molecule has 3 heterocycles. The summed E-state index contributed by atoms with van der Waals surface area (Å²) in [5.74, 6) is -0.335. The van der Waals surface area contributed by atoms with Crippen molar-refractivity contribution in [3.63, 3.8) is 0 Å². The summed E-state index contributed by atoms with van der Waals surface area (Å²) in [6, 6.07) is 5.09. The first-order valence-electron chi connectivity index (χ1n) is 6.96. The first-order chi connectivity index (χ1) is 11.1. The summed E-state index contributed by atoms with van der Waals surface area (Å²) in [4.78, 5) is 17.7. The van der Waals surface area contributed by atoms with Gasteiger partial charge in [-0.25, -0.2) is 9.78 Å². The minimum atomic E-state index is -1.19. The van der Waals surface area contributed by atoms with Crippen molar-refractivity contribution in [2.75, 3.05) is 36.5 Å². The van der Waals surface area contributed by atoms with Crippen molar-refractivity contribution in [1.82, 2.24) is 15.2 Å². The lowest BCUT2D eigenvalue weighted by molar-refractivity contribution is 0.0690. The van der Waals surface area contributed by atoms with Crippen LogP contribution in [0.2, 0.25) is 5.15 Å². The van der Waals surface area contributed by atoms with E-state index in [1.54, 1.807) is 6.20 Å². The van der Waals surface area contributed by atoms with E-state index in [-0.39, 0.29) is 16.5 Å². The molecule has 2 N–H and O–H groups in total. The molecule has 0 aromatic carbocycles. The fourth-order valence-corrected chi connectivity index (χ4v) is 2.36. The van der Waals surface area contributed by atoms with E-state index in [4.69, 9.17) is 21.4 Å². The summed E-state index contributed by atoms with van der Waals surface area (Å²) in [6.45, 7) is 2.97. The zero-order valence-electron chi connectivity index (χ0n) is 12.1. The molecule has 120 valence electrons. The molecule has 1 aliphatic heterocycles. The van der Waals surface area contributed by atoms with Crippen molar-refractivity contribution in [3.05, 3.63) is 35.2 Å². The van der Waals surface area contributed by atoms with E-state index in [1.807, 2.05) is 12.1 Å². The Kier molecular flexibility index (Phi) is 4.54. The van der Waals surface area contributed by atoms with Crippen LogP contribution < -0.4 is 10.2 Å². The average Bonchev–Trinajstić information content (AvgIpc) is 2.56. The molecule has 0 saturated carbocycles. The van der Waals surface area contributed by atoms with Gasteiger partial charge in [0.15, 0.2) is 10.8 Å². The number of carboxylic acid groups (broad SMARTS) is 1. The normalized spacial score (nSPS) is 14.6. The lowest BCUT2D eigenvalue weighted by Gasteiger charge is -2.27. The van der Waals surface area contributed by atoms with Gasteiger partial charge in [-0.15, -0.1) is 10.2 Å². The molecule has 0 atom stereocenters. The molecule has 9 heteroatoms. The largest absolute Gasteiger partial charge is 0.476 e. The van der Waals surface area contributed by atoms with Crippen molar-refractivity contribution in [3.8, 4) is 0 Å².